The van der Waals surface area contributed by atoms with Gasteiger partial charge in [-0.25, -0.2) is 12.7 Å². The molecule has 0 spiro atoms. The summed E-state index contributed by atoms with van der Waals surface area (Å²) in [5.74, 6) is 0.387. The Morgan fingerprint density at radius 2 is 1.89 bits per heavy atom. The predicted molar refractivity (Wildman–Crippen MR) is 68.5 cm³/mol. The number of sulfonamides is 1. The zero-order valence-electron chi connectivity index (χ0n) is 10.9. The molecule has 0 amide bonds. The first-order valence-electron chi connectivity index (χ1n) is 5.47. The summed E-state index contributed by atoms with van der Waals surface area (Å²) in [6, 6.07) is 4.25. The maximum Gasteiger partial charge on any atom is 0.242 e. The molecule has 1 aromatic rings. The molecular weight excluding hydrogens is 254 g/mol. The van der Waals surface area contributed by atoms with E-state index in [1.807, 2.05) is 13.8 Å². The van der Waals surface area contributed by atoms with Gasteiger partial charge in [0.15, 0.2) is 6.29 Å². The molecule has 0 aliphatic heterocycles. The average molecular weight is 271 g/mol. The van der Waals surface area contributed by atoms with Gasteiger partial charge in [0.25, 0.3) is 0 Å². The summed E-state index contributed by atoms with van der Waals surface area (Å²) >= 11 is 0. The molecule has 1 rings (SSSR count). The molecule has 1 aromatic carbocycles. The van der Waals surface area contributed by atoms with Gasteiger partial charge >= 0.3 is 0 Å². The summed E-state index contributed by atoms with van der Waals surface area (Å²) in [5, 5.41) is 0. The molecule has 0 saturated heterocycles. The zero-order valence-corrected chi connectivity index (χ0v) is 11.7. The van der Waals surface area contributed by atoms with Crippen LogP contribution < -0.4 is 4.74 Å². The van der Waals surface area contributed by atoms with Gasteiger partial charge in [-0.3, -0.25) is 4.79 Å². The van der Waals surface area contributed by atoms with Crippen molar-refractivity contribution in [3.8, 4) is 5.75 Å². The summed E-state index contributed by atoms with van der Waals surface area (Å²) in [7, 11) is -0.658. The van der Waals surface area contributed by atoms with Crippen LogP contribution in [0.4, 0.5) is 0 Å². The van der Waals surface area contributed by atoms with Crippen molar-refractivity contribution in [3.05, 3.63) is 23.8 Å². The Balaban J connectivity index is 3.26. The van der Waals surface area contributed by atoms with E-state index in [4.69, 9.17) is 4.74 Å². The van der Waals surface area contributed by atoms with Crippen LogP contribution in [0.25, 0.3) is 0 Å². The Labute approximate surface area is 107 Å². The summed E-state index contributed by atoms with van der Waals surface area (Å²) in [6.45, 7) is 3.66. The van der Waals surface area contributed by atoms with E-state index in [9.17, 15) is 13.2 Å². The third kappa shape index (κ3) is 3.08. The molecule has 0 radical (unpaired) electrons. The van der Waals surface area contributed by atoms with Crippen molar-refractivity contribution in [3.63, 3.8) is 0 Å². The van der Waals surface area contributed by atoms with Crippen molar-refractivity contribution in [2.24, 2.45) is 0 Å². The maximum atomic E-state index is 11.9. The standard InChI is InChI=1S/C12H17NO4S/c1-9(2)17-12-6-5-11(7-10(12)8-14)18(15,16)13(3)4/h5-9H,1-4H3. The van der Waals surface area contributed by atoms with Crippen molar-refractivity contribution < 1.29 is 17.9 Å². The Hall–Kier alpha value is -1.40. The fourth-order valence-corrected chi connectivity index (χ4v) is 2.29. The summed E-state index contributed by atoms with van der Waals surface area (Å²) in [4.78, 5) is 11.0. The summed E-state index contributed by atoms with van der Waals surface area (Å²) in [6.07, 6.45) is 0.506. The minimum atomic E-state index is -3.54. The molecule has 0 heterocycles. The van der Waals surface area contributed by atoms with E-state index in [2.05, 4.69) is 0 Å². The van der Waals surface area contributed by atoms with Crippen LogP contribution in [-0.2, 0) is 10.0 Å². The average Bonchev–Trinajstić information content (AvgIpc) is 2.28. The van der Waals surface area contributed by atoms with Gasteiger partial charge < -0.3 is 4.74 Å². The molecule has 0 unspecified atom stereocenters. The molecule has 100 valence electrons. The van der Waals surface area contributed by atoms with Gasteiger partial charge in [0.05, 0.1) is 16.6 Å². The van der Waals surface area contributed by atoms with Gasteiger partial charge in [0, 0.05) is 14.1 Å². The second-order valence-electron chi connectivity index (χ2n) is 4.27. The van der Waals surface area contributed by atoms with Crippen molar-refractivity contribution >= 4 is 16.3 Å². The van der Waals surface area contributed by atoms with Crippen LogP contribution in [0.15, 0.2) is 23.1 Å². The molecule has 6 heteroatoms. The van der Waals surface area contributed by atoms with E-state index in [0.29, 0.717) is 12.0 Å². The van der Waals surface area contributed by atoms with Crippen LogP contribution in [0.1, 0.15) is 24.2 Å². The summed E-state index contributed by atoms with van der Waals surface area (Å²) < 4.78 is 30.3. The van der Waals surface area contributed by atoms with Crippen LogP contribution in [0.5, 0.6) is 5.75 Å². The molecule has 0 aromatic heterocycles. The van der Waals surface area contributed by atoms with Crippen molar-refractivity contribution in [2.75, 3.05) is 14.1 Å². The Morgan fingerprint density at radius 1 is 1.28 bits per heavy atom. The number of aldehydes is 1. The monoisotopic (exact) mass is 271 g/mol. The highest BCUT2D eigenvalue weighted by molar-refractivity contribution is 7.89. The van der Waals surface area contributed by atoms with Crippen LogP contribution >= 0.6 is 0 Å². The highest BCUT2D eigenvalue weighted by atomic mass is 32.2. The van der Waals surface area contributed by atoms with Crippen LogP contribution in [-0.4, -0.2) is 39.2 Å². The molecule has 5 nitrogen and oxygen atoms in total. The highest BCUT2D eigenvalue weighted by Gasteiger charge is 2.19. The second-order valence-corrected chi connectivity index (χ2v) is 6.42. The number of nitrogens with zero attached hydrogens (tertiary/aromatic N) is 1. The van der Waals surface area contributed by atoms with E-state index in [1.54, 1.807) is 0 Å². The van der Waals surface area contributed by atoms with Crippen LogP contribution in [0.3, 0.4) is 0 Å². The minimum Gasteiger partial charge on any atom is -0.490 e. The number of carbonyl (C=O) groups excluding carboxylic acids is 1. The fraction of sp³-hybridized carbons (Fsp3) is 0.417. The molecule has 18 heavy (non-hydrogen) atoms. The number of rotatable bonds is 5. The van der Waals surface area contributed by atoms with Crippen molar-refractivity contribution in [2.45, 2.75) is 24.8 Å². The van der Waals surface area contributed by atoms with Gasteiger partial charge in [-0.2, -0.15) is 0 Å². The Kier molecular flexibility index (Phi) is 4.48. The summed E-state index contributed by atoms with van der Waals surface area (Å²) in [5.41, 5.74) is 0.228. The number of ether oxygens (including phenoxy) is 1. The Morgan fingerprint density at radius 3 is 2.33 bits per heavy atom. The smallest absolute Gasteiger partial charge is 0.242 e. The van der Waals surface area contributed by atoms with Gasteiger partial charge in [-0.15, -0.1) is 0 Å². The van der Waals surface area contributed by atoms with Gasteiger partial charge in [-0.1, -0.05) is 0 Å². The lowest BCUT2D eigenvalue weighted by Gasteiger charge is -2.15. The number of hydrogen-bond donors (Lipinski definition) is 0. The van der Waals surface area contributed by atoms with Crippen molar-refractivity contribution in [1.82, 2.24) is 4.31 Å². The zero-order chi connectivity index (χ0) is 13.9. The largest absolute Gasteiger partial charge is 0.490 e. The SMILES string of the molecule is CC(C)Oc1ccc(S(=O)(=O)N(C)C)cc1C=O. The van der Waals surface area contributed by atoms with Crippen molar-refractivity contribution in [1.29, 1.82) is 0 Å². The minimum absolute atomic E-state index is 0.0747. The molecule has 0 atom stereocenters. The molecule has 0 aliphatic carbocycles. The third-order valence-corrected chi connectivity index (χ3v) is 4.06. The first-order chi connectivity index (χ1) is 8.28. The normalized spacial score (nSPS) is 11.9. The molecule has 0 fully saturated rings. The van der Waals surface area contributed by atoms with Crippen LogP contribution in [0.2, 0.25) is 0 Å². The van der Waals surface area contributed by atoms with E-state index in [1.165, 1.54) is 32.3 Å². The first kappa shape index (κ1) is 14.7. The van der Waals surface area contributed by atoms with Gasteiger partial charge in [0.1, 0.15) is 5.75 Å². The molecule has 0 N–H and O–H groups in total. The van der Waals surface area contributed by atoms with E-state index in [-0.39, 0.29) is 16.6 Å². The lowest BCUT2D eigenvalue weighted by Crippen LogP contribution is -2.22. The molecule has 0 aliphatic rings. The van der Waals surface area contributed by atoms with Crippen LogP contribution in [0, 0.1) is 0 Å². The second kappa shape index (κ2) is 5.49. The number of hydrogen-bond acceptors (Lipinski definition) is 4. The predicted octanol–water partition coefficient (Wildman–Crippen LogP) is 1.54. The lowest BCUT2D eigenvalue weighted by molar-refractivity contribution is 0.111. The van der Waals surface area contributed by atoms with E-state index in [0.717, 1.165) is 4.31 Å². The molecular formula is C12H17NO4S. The van der Waals surface area contributed by atoms with Gasteiger partial charge in [0.2, 0.25) is 10.0 Å². The molecule has 0 saturated carbocycles. The van der Waals surface area contributed by atoms with E-state index < -0.39 is 10.0 Å². The number of benzene rings is 1. The lowest BCUT2D eigenvalue weighted by atomic mass is 10.2. The van der Waals surface area contributed by atoms with E-state index >= 15 is 0 Å². The highest BCUT2D eigenvalue weighted by Crippen LogP contribution is 2.23. The van der Waals surface area contributed by atoms with Gasteiger partial charge in [-0.05, 0) is 32.0 Å². The Bertz CT molecular complexity index is 535. The fourth-order valence-electron chi connectivity index (χ4n) is 1.35. The maximum absolute atomic E-state index is 11.9. The molecule has 0 bridgehead atoms. The first-order valence-corrected chi connectivity index (χ1v) is 6.91. The number of carbonyl (C=O) groups is 1. The quantitative estimate of drug-likeness (QED) is 0.762. The third-order valence-electron chi connectivity index (χ3n) is 2.25. The topological polar surface area (TPSA) is 63.7 Å².